The van der Waals surface area contributed by atoms with Crippen LogP contribution in [0.3, 0.4) is 0 Å². The smallest absolute Gasteiger partial charge is 0.314 e. The summed E-state index contributed by atoms with van der Waals surface area (Å²) >= 11 is 5.73. The molecule has 102 valence electrons. The Morgan fingerprint density at radius 2 is 1.89 bits per heavy atom. The van der Waals surface area contributed by atoms with Crippen molar-refractivity contribution in [1.82, 2.24) is 0 Å². The fourth-order valence-electron chi connectivity index (χ4n) is 1.49. The van der Waals surface area contributed by atoms with Gasteiger partial charge in [-0.2, -0.15) is 0 Å². The van der Waals surface area contributed by atoms with Crippen LogP contribution in [0.2, 0.25) is 5.02 Å². The molecule has 1 aromatic carbocycles. The van der Waals surface area contributed by atoms with Gasteiger partial charge in [0.15, 0.2) is 0 Å². The Bertz CT molecular complexity index is 428. The van der Waals surface area contributed by atoms with Gasteiger partial charge in [-0.15, -0.1) is 0 Å². The molecule has 4 nitrogen and oxygen atoms in total. The van der Waals surface area contributed by atoms with Crippen molar-refractivity contribution >= 4 is 19.2 Å². The molecule has 7 heteroatoms. The summed E-state index contributed by atoms with van der Waals surface area (Å²) in [7, 11) is -3.52. The van der Waals surface area contributed by atoms with Crippen molar-refractivity contribution in [1.29, 1.82) is 0 Å². The second kappa shape index (κ2) is 6.64. The number of hydrogen-bond acceptors (Lipinski definition) is 4. The predicted octanol–water partition coefficient (Wildman–Crippen LogP) is 3.70. The molecule has 1 aromatic rings. The first kappa shape index (κ1) is 15.6. The van der Waals surface area contributed by atoms with Gasteiger partial charge in [0, 0.05) is 5.02 Å². The Hall–Kier alpha value is -0.450. The Morgan fingerprint density at radius 1 is 1.33 bits per heavy atom. The van der Waals surface area contributed by atoms with Crippen molar-refractivity contribution in [2.45, 2.75) is 19.6 Å². The molecule has 18 heavy (non-hydrogen) atoms. The molecule has 0 amide bonds. The molecular formula is C11H16ClFNO3P. The monoisotopic (exact) mass is 295 g/mol. The van der Waals surface area contributed by atoms with Gasteiger partial charge in [0.05, 0.1) is 13.2 Å². The van der Waals surface area contributed by atoms with Crippen molar-refractivity contribution < 1.29 is 18.0 Å². The third-order valence-corrected chi connectivity index (χ3v) is 4.62. The van der Waals surface area contributed by atoms with E-state index in [1.807, 2.05) is 0 Å². The van der Waals surface area contributed by atoms with Gasteiger partial charge in [-0.05, 0) is 37.6 Å². The van der Waals surface area contributed by atoms with E-state index in [1.54, 1.807) is 13.8 Å². The lowest BCUT2D eigenvalue weighted by atomic mass is 10.2. The molecular weight excluding hydrogens is 280 g/mol. The Morgan fingerprint density at radius 3 is 2.33 bits per heavy atom. The summed E-state index contributed by atoms with van der Waals surface area (Å²) in [6.45, 7) is 3.73. The molecule has 0 saturated carbocycles. The number of benzene rings is 1. The summed E-state index contributed by atoms with van der Waals surface area (Å²) in [6, 6.07) is 3.76. The predicted molar refractivity (Wildman–Crippen MR) is 69.2 cm³/mol. The molecule has 0 aliphatic rings. The van der Waals surface area contributed by atoms with Crippen molar-refractivity contribution in [3.8, 4) is 0 Å². The lowest BCUT2D eigenvalue weighted by Gasteiger charge is -2.23. The molecule has 0 heterocycles. The molecule has 0 saturated heterocycles. The van der Waals surface area contributed by atoms with Crippen LogP contribution in [0.5, 0.6) is 0 Å². The fraction of sp³-hybridized carbons (Fsp3) is 0.455. The minimum atomic E-state index is -3.52. The minimum absolute atomic E-state index is 0.181. The number of hydrogen-bond donors (Lipinski definition) is 1. The molecule has 0 aliphatic carbocycles. The first-order valence-corrected chi connectivity index (χ1v) is 7.52. The summed E-state index contributed by atoms with van der Waals surface area (Å²) in [4.78, 5) is 0. The van der Waals surface area contributed by atoms with Crippen LogP contribution in [0.25, 0.3) is 0 Å². The molecule has 2 N–H and O–H groups in total. The summed E-state index contributed by atoms with van der Waals surface area (Å²) in [5, 5.41) is 0.181. The maximum absolute atomic E-state index is 13.2. The Labute approximate surface area is 111 Å². The van der Waals surface area contributed by atoms with E-state index in [1.165, 1.54) is 12.1 Å². The molecule has 0 bridgehead atoms. The molecule has 0 aromatic heterocycles. The average Bonchev–Trinajstić information content (AvgIpc) is 2.27. The normalized spacial score (nSPS) is 13.6. The van der Waals surface area contributed by atoms with Gasteiger partial charge in [0.25, 0.3) is 0 Å². The van der Waals surface area contributed by atoms with Crippen LogP contribution in [0, 0.1) is 5.82 Å². The molecule has 0 fully saturated rings. The van der Waals surface area contributed by atoms with Crippen LogP contribution >= 0.6 is 19.2 Å². The average molecular weight is 296 g/mol. The highest BCUT2D eigenvalue weighted by atomic mass is 35.5. The number of rotatable bonds is 6. The van der Waals surface area contributed by atoms with Crippen LogP contribution in [-0.2, 0) is 13.6 Å². The third-order valence-electron chi connectivity index (χ3n) is 2.19. The van der Waals surface area contributed by atoms with E-state index in [-0.39, 0.29) is 23.8 Å². The number of nitrogens with two attached hydrogens (primary N) is 1. The summed E-state index contributed by atoms with van der Waals surface area (Å²) in [6.07, 6.45) is 0. The second-order valence-electron chi connectivity index (χ2n) is 3.52. The van der Waals surface area contributed by atoms with E-state index in [2.05, 4.69) is 0 Å². The van der Waals surface area contributed by atoms with Crippen molar-refractivity contribution in [2.75, 3.05) is 13.2 Å². The molecule has 0 unspecified atom stereocenters. The maximum Gasteiger partial charge on any atom is 0.351 e. The Kier molecular flexibility index (Phi) is 5.76. The maximum atomic E-state index is 13.2. The third kappa shape index (κ3) is 3.77. The highest BCUT2D eigenvalue weighted by Gasteiger charge is 2.34. The van der Waals surface area contributed by atoms with E-state index in [0.717, 1.165) is 6.07 Å². The van der Waals surface area contributed by atoms with Crippen molar-refractivity contribution in [3.63, 3.8) is 0 Å². The highest BCUT2D eigenvalue weighted by Crippen LogP contribution is 2.58. The van der Waals surface area contributed by atoms with E-state index in [0.29, 0.717) is 0 Å². The first-order chi connectivity index (χ1) is 8.42. The van der Waals surface area contributed by atoms with Crippen LogP contribution in [0.4, 0.5) is 4.39 Å². The van der Waals surface area contributed by atoms with Gasteiger partial charge in [0.1, 0.15) is 11.6 Å². The van der Waals surface area contributed by atoms with E-state index < -0.39 is 19.2 Å². The van der Waals surface area contributed by atoms with Gasteiger partial charge in [-0.25, -0.2) is 4.39 Å². The zero-order chi connectivity index (χ0) is 13.8. The van der Waals surface area contributed by atoms with Crippen molar-refractivity contribution in [3.05, 3.63) is 34.6 Å². The second-order valence-corrected chi connectivity index (χ2v) is 6.11. The van der Waals surface area contributed by atoms with Crippen LogP contribution in [-0.4, -0.2) is 13.2 Å². The van der Waals surface area contributed by atoms with Gasteiger partial charge >= 0.3 is 7.60 Å². The largest absolute Gasteiger partial charge is 0.351 e. The lowest BCUT2D eigenvalue weighted by Crippen LogP contribution is -2.15. The first-order valence-electron chi connectivity index (χ1n) is 5.53. The highest BCUT2D eigenvalue weighted by molar-refractivity contribution is 7.54. The molecule has 0 radical (unpaired) electrons. The number of halogens is 2. The zero-order valence-corrected chi connectivity index (χ0v) is 11.9. The standard InChI is InChI=1S/C11H16ClFNO3P/c1-3-16-18(15,17-4-2)11(14)8-5-9(12)7-10(13)6-8/h5-7,11H,3-4,14H2,1-2H3/t11-/m1/s1. The topological polar surface area (TPSA) is 61.5 Å². The van der Waals surface area contributed by atoms with Gasteiger partial charge < -0.3 is 14.8 Å². The SMILES string of the molecule is CCOP(=O)(OCC)[C@@H](N)c1cc(F)cc(Cl)c1. The van der Waals surface area contributed by atoms with Crippen molar-refractivity contribution in [2.24, 2.45) is 5.73 Å². The van der Waals surface area contributed by atoms with E-state index in [9.17, 15) is 8.96 Å². The van der Waals surface area contributed by atoms with E-state index >= 15 is 0 Å². The van der Waals surface area contributed by atoms with Gasteiger partial charge in [0.2, 0.25) is 0 Å². The summed E-state index contributed by atoms with van der Waals surface area (Å²) in [5.41, 5.74) is 6.13. The van der Waals surface area contributed by atoms with E-state index in [4.69, 9.17) is 26.4 Å². The lowest BCUT2D eigenvalue weighted by molar-refractivity contribution is 0.212. The molecule has 0 aliphatic heterocycles. The van der Waals surface area contributed by atoms with Gasteiger partial charge in [-0.1, -0.05) is 11.6 Å². The molecule has 0 spiro atoms. The van der Waals surface area contributed by atoms with Gasteiger partial charge in [-0.3, -0.25) is 4.57 Å². The molecule has 1 atom stereocenters. The minimum Gasteiger partial charge on any atom is -0.314 e. The van der Waals surface area contributed by atoms with Crippen LogP contribution < -0.4 is 5.73 Å². The van der Waals surface area contributed by atoms with Crippen LogP contribution in [0.15, 0.2) is 18.2 Å². The molecule has 1 rings (SSSR count). The quantitative estimate of drug-likeness (QED) is 0.813. The fourth-order valence-corrected chi connectivity index (χ4v) is 3.35. The summed E-state index contributed by atoms with van der Waals surface area (Å²) < 4.78 is 35.9. The summed E-state index contributed by atoms with van der Waals surface area (Å²) in [5.74, 6) is -1.61. The Balaban J connectivity index is 3.09. The van der Waals surface area contributed by atoms with Crippen LogP contribution in [0.1, 0.15) is 25.2 Å². The zero-order valence-electron chi connectivity index (χ0n) is 10.2.